The number of allylic oxidation sites excluding steroid dienone is 2. The Morgan fingerprint density at radius 1 is 1.11 bits per heavy atom. The molecule has 1 aromatic rings. The predicted molar refractivity (Wildman–Crippen MR) is 74.0 cm³/mol. The molecule has 0 bridgehead atoms. The van der Waals surface area contributed by atoms with Gasteiger partial charge in [0, 0.05) is 11.3 Å². The summed E-state index contributed by atoms with van der Waals surface area (Å²) in [5.41, 5.74) is 0.632. The van der Waals surface area contributed by atoms with Gasteiger partial charge in [-0.05, 0) is 24.8 Å². The van der Waals surface area contributed by atoms with Gasteiger partial charge in [-0.1, -0.05) is 65.7 Å². The Morgan fingerprint density at radius 3 is 2.56 bits per heavy atom. The van der Waals surface area contributed by atoms with E-state index in [-0.39, 0.29) is 11.7 Å². The molecule has 3 rings (SSSR count). The molecule has 0 spiro atoms. The molecule has 3 heteroatoms. The quantitative estimate of drug-likeness (QED) is 0.561. The molecule has 0 heterocycles. The standard InChI is InChI=1S/C15H14Cl2O/c16-15(17)13(18)12-9-5-2-6-10-14(12,15)11-7-3-1-4-8-11/h1-4,6-8,12H,5,9-10H2/t12?,14-/m1/s1. The largest absolute Gasteiger partial charge is 0.296 e. The van der Waals surface area contributed by atoms with E-state index in [1.807, 2.05) is 30.3 Å². The summed E-state index contributed by atoms with van der Waals surface area (Å²) in [6, 6.07) is 9.97. The van der Waals surface area contributed by atoms with Crippen molar-refractivity contribution < 1.29 is 4.79 Å². The number of hydrogen-bond donors (Lipinski definition) is 0. The van der Waals surface area contributed by atoms with Crippen molar-refractivity contribution in [3.8, 4) is 0 Å². The molecule has 0 saturated heterocycles. The molecule has 18 heavy (non-hydrogen) atoms. The molecule has 2 aliphatic carbocycles. The number of alkyl halides is 2. The molecule has 1 unspecified atom stereocenters. The molecule has 0 amide bonds. The number of halogens is 2. The van der Waals surface area contributed by atoms with Gasteiger partial charge in [-0.15, -0.1) is 0 Å². The van der Waals surface area contributed by atoms with Gasteiger partial charge in [-0.2, -0.15) is 0 Å². The minimum atomic E-state index is -1.28. The first-order chi connectivity index (χ1) is 8.61. The fourth-order valence-electron chi connectivity index (χ4n) is 3.34. The van der Waals surface area contributed by atoms with Crippen LogP contribution in [0.15, 0.2) is 42.5 Å². The van der Waals surface area contributed by atoms with Crippen LogP contribution in [0.5, 0.6) is 0 Å². The van der Waals surface area contributed by atoms with E-state index in [0.717, 1.165) is 24.8 Å². The number of carbonyl (C=O) groups is 1. The number of ketones is 1. The molecule has 94 valence electrons. The van der Waals surface area contributed by atoms with Crippen LogP contribution in [0, 0.1) is 5.92 Å². The van der Waals surface area contributed by atoms with E-state index < -0.39 is 9.75 Å². The minimum Gasteiger partial charge on any atom is -0.296 e. The van der Waals surface area contributed by atoms with Crippen molar-refractivity contribution in [2.75, 3.05) is 0 Å². The van der Waals surface area contributed by atoms with Gasteiger partial charge in [0.25, 0.3) is 0 Å². The minimum absolute atomic E-state index is 0.0154. The Labute approximate surface area is 117 Å². The maximum Gasteiger partial charge on any atom is 0.186 e. The molecule has 1 saturated carbocycles. The van der Waals surface area contributed by atoms with E-state index in [2.05, 4.69) is 12.2 Å². The summed E-state index contributed by atoms with van der Waals surface area (Å²) in [6.07, 6.45) is 6.74. The highest BCUT2D eigenvalue weighted by Gasteiger charge is 2.71. The second-order valence-electron chi connectivity index (χ2n) is 5.08. The van der Waals surface area contributed by atoms with Gasteiger partial charge in [0.2, 0.25) is 0 Å². The van der Waals surface area contributed by atoms with Gasteiger partial charge < -0.3 is 0 Å². The summed E-state index contributed by atoms with van der Waals surface area (Å²) in [5, 5.41) is 0. The number of carbonyl (C=O) groups excluding carboxylic acids is 1. The third kappa shape index (κ3) is 1.38. The van der Waals surface area contributed by atoms with Crippen LogP contribution in [0.4, 0.5) is 0 Å². The Balaban J connectivity index is 2.15. The zero-order chi connectivity index (χ0) is 12.8. The smallest absolute Gasteiger partial charge is 0.186 e. The first-order valence-electron chi connectivity index (χ1n) is 6.23. The molecule has 0 aromatic heterocycles. The number of Topliss-reactive ketones (excluding diaryl/α,β-unsaturated/α-hetero) is 1. The van der Waals surface area contributed by atoms with Crippen molar-refractivity contribution >= 4 is 29.0 Å². The topological polar surface area (TPSA) is 17.1 Å². The number of fused-ring (bicyclic) bond motifs is 1. The molecule has 2 aliphatic rings. The average molecular weight is 281 g/mol. The van der Waals surface area contributed by atoms with Crippen molar-refractivity contribution in [3.63, 3.8) is 0 Å². The Hall–Kier alpha value is -0.790. The van der Waals surface area contributed by atoms with Crippen molar-refractivity contribution in [1.82, 2.24) is 0 Å². The SMILES string of the molecule is O=C1C2CCC=CC[C@]2(c2ccccc2)C1(Cl)Cl. The van der Waals surface area contributed by atoms with Crippen molar-refractivity contribution in [2.24, 2.45) is 5.92 Å². The molecule has 1 fully saturated rings. The zero-order valence-corrected chi connectivity index (χ0v) is 11.4. The van der Waals surface area contributed by atoms with Crippen LogP contribution in [0.3, 0.4) is 0 Å². The normalized spacial score (nSPS) is 33.4. The Morgan fingerprint density at radius 2 is 1.83 bits per heavy atom. The summed E-state index contributed by atoms with van der Waals surface area (Å²) in [4.78, 5) is 12.2. The number of rotatable bonds is 1. The number of benzene rings is 1. The van der Waals surface area contributed by atoms with Gasteiger partial charge in [-0.3, -0.25) is 4.79 Å². The van der Waals surface area contributed by atoms with Gasteiger partial charge >= 0.3 is 0 Å². The highest BCUT2D eigenvalue weighted by Crippen LogP contribution is 2.63. The second kappa shape index (κ2) is 4.11. The summed E-state index contributed by atoms with van der Waals surface area (Å²) in [7, 11) is 0. The summed E-state index contributed by atoms with van der Waals surface area (Å²) < 4.78 is -1.28. The summed E-state index contributed by atoms with van der Waals surface area (Å²) >= 11 is 12.7. The van der Waals surface area contributed by atoms with Crippen molar-refractivity contribution in [3.05, 3.63) is 48.0 Å². The Bertz CT molecular complexity index is 506. The maximum absolute atomic E-state index is 12.2. The van der Waals surface area contributed by atoms with Crippen LogP contribution in [-0.2, 0) is 10.2 Å². The molecule has 2 atom stereocenters. The van der Waals surface area contributed by atoms with E-state index in [1.54, 1.807) is 0 Å². The molecule has 1 nitrogen and oxygen atoms in total. The fraction of sp³-hybridized carbons (Fsp3) is 0.400. The molecule has 0 N–H and O–H groups in total. The lowest BCUT2D eigenvalue weighted by Crippen LogP contribution is -2.68. The van der Waals surface area contributed by atoms with Crippen LogP contribution in [0.1, 0.15) is 24.8 Å². The predicted octanol–water partition coefficient (Wildman–Crippen LogP) is 4.04. The summed E-state index contributed by atoms with van der Waals surface area (Å²) in [6.45, 7) is 0. The van der Waals surface area contributed by atoms with Crippen LogP contribution < -0.4 is 0 Å². The first-order valence-corrected chi connectivity index (χ1v) is 6.99. The lowest BCUT2D eigenvalue weighted by Gasteiger charge is -2.56. The van der Waals surface area contributed by atoms with Crippen molar-refractivity contribution in [1.29, 1.82) is 0 Å². The van der Waals surface area contributed by atoms with Gasteiger partial charge in [0.1, 0.15) is 0 Å². The third-order valence-corrected chi connectivity index (χ3v) is 5.35. The van der Waals surface area contributed by atoms with E-state index in [0.29, 0.717) is 0 Å². The molecular formula is C15H14Cl2O. The maximum atomic E-state index is 12.2. The van der Waals surface area contributed by atoms with E-state index in [1.165, 1.54) is 0 Å². The Kier molecular flexibility index (Phi) is 2.80. The van der Waals surface area contributed by atoms with Gasteiger partial charge in [0.05, 0.1) is 0 Å². The third-order valence-electron chi connectivity index (χ3n) is 4.30. The lowest BCUT2D eigenvalue weighted by molar-refractivity contribution is -0.138. The van der Waals surface area contributed by atoms with Crippen LogP contribution in [0.2, 0.25) is 0 Å². The molecular weight excluding hydrogens is 267 g/mol. The van der Waals surface area contributed by atoms with E-state index in [4.69, 9.17) is 23.2 Å². The summed E-state index contributed by atoms with van der Waals surface area (Å²) in [5.74, 6) is -0.0664. The average Bonchev–Trinajstić information content (AvgIpc) is 2.60. The van der Waals surface area contributed by atoms with Crippen LogP contribution in [0.25, 0.3) is 0 Å². The molecule has 0 radical (unpaired) electrons. The highest BCUT2D eigenvalue weighted by atomic mass is 35.5. The van der Waals surface area contributed by atoms with E-state index >= 15 is 0 Å². The van der Waals surface area contributed by atoms with Gasteiger partial charge in [-0.25, -0.2) is 0 Å². The lowest BCUT2D eigenvalue weighted by atomic mass is 9.53. The van der Waals surface area contributed by atoms with Gasteiger partial charge in [0.15, 0.2) is 10.1 Å². The highest BCUT2D eigenvalue weighted by molar-refractivity contribution is 6.62. The second-order valence-corrected chi connectivity index (χ2v) is 6.41. The van der Waals surface area contributed by atoms with Crippen LogP contribution >= 0.6 is 23.2 Å². The first kappa shape index (κ1) is 12.3. The molecule has 0 aliphatic heterocycles. The van der Waals surface area contributed by atoms with Crippen molar-refractivity contribution in [2.45, 2.75) is 29.0 Å². The van der Waals surface area contributed by atoms with Crippen LogP contribution in [-0.4, -0.2) is 10.1 Å². The zero-order valence-electron chi connectivity index (χ0n) is 9.90. The fourth-order valence-corrected chi connectivity index (χ4v) is 4.24. The number of hydrogen-bond acceptors (Lipinski definition) is 1. The molecule has 1 aromatic carbocycles. The van der Waals surface area contributed by atoms with E-state index in [9.17, 15) is 4.79 Å². The monoisotopic (exact) mass is 280 g/mol.